The van der Waals surface area contributed by atoms with Gasteiger partial charge in [-0.3, -0.25) is 9.59 Å². The molecule has 0 radical (unpaired) electrons. The number of alkyl halides is 6. The first-order chi connectivity index (χ1) is 25.6. The Labute approximate surface area is 325 Å². The van der Waals surface area contributed by atoms with Crippen LogP contribution in [-0.4, -0.2) is 42.8 Å². The van der Waals surface area contributed by atoms with E-state index in [4.69, 9.17) is 34.0 Å². The molecule has 8 N–H and O–H groups in total. The van der Waals surface area contributed by atoms with E-state index in [1.165, 1.54) is 24.5 Å². The molecule has 2 amide bonds. The summed E-state index contributed by atoms with van der Waals surface area (Å²) in [6.45, 7) is 3.52. The molecular weight excluding hydrogens is 825 g/mol. The lowest BCUT2D eigenvalue weighted by molar-refractivity contribution is -0.420. The van der Waals surface area contributed by atoms with Crippen LogP contribution in [0.15, 0.2) is 67.3 Å². The number of quaternary nitrogens is 1. The first-order valence-electron chi connectivity index (χ1n) is 15.1. The first-order valence-corrected chi connectivity index (χ1v) is 17.5. The molecule has 4 heterocycles. The Hall–Kier alpha value is -4.77. The number of hydrogen-bond donors (Lipinski definition) is 5. The van der Waals surface area contributed by atoms with Crippen LogP contribution in [0.5, 0.6) is 0 Å². The van der Waals surface area contributed by atoms with Crippen LogP contribution in [0.25, 0.3) is 0 Å². The number of halogens is 8. The third-order valence-electron chi connectivity index (χ3n) is 6.45. The monoisotopic (exact) mass is 852 g/mol. The Morgan fingerprint density at radius 1 is 0.782 bits per heavy atom. The second kappa shape index (κ2) is 19.2. The fourth-order valence-electron chi connectivity index (χ4n) is 3.80. The average molecular weight is 854 g/mol. The fourth-order valence-corrected chi connectivity index (χ4v) is 5.77. The summed E-state index contributed by atoms with van der Waals surface area (Å²) in [7, 11) is 0. The SMILES string of the molecule is C[C@@H](N)c1ncc(C(=O)Nc2cc(C(F)(F)F)c(Cl)cn2)s1.C[C@@H]([NH3+])c1ncc(C(=O)Nc2cc(C(F)(F)F)c(Cl)cn2)s1.O=C([O-])[C@@H](O)c1ccccc1. The number of carboxylic acids is 1. The Morgan fingerprint density at radius 3 is 1.55 bits per heavy atom. The topological polar surface area (TPSA) is 224 Å². The average Bonchev–Trinajstić information content (AvgIpc) is 3.82. The van der Waals surface area contributed by atoms with Crippen molar-refractivity contribution in [3.8, 4) is 0 Å². The number of aliphatic carboxylic acids is 1. The van der Waals surface area contributed by atoms with Crippen LogP contribution in [-0.2, 0) is 17.1 Å². The summed E-state index contributed by atoms with van der Waals surface area (Å²) >= 11 is 13.1. The largest absolute Gasteiger partial charge is 0.547 e. The van der Waals surface area contributed by atoms with E-state index in [1.807, 2.05) is 6.92 Å². The highest BCUT2D eigenvalue weighted by molar-refractivity contribution is 7.14. The molecule has 23 heteroatoms. The summed E-state index contributed by atoms with van der Waals surface area (Å²) in [5.74, 6) is -3.17. The minimum absolute atomic E-state index is 0.0861. The first kappa shape index (κ1) is 44.6. The molecule has 55 heavy (non-hydrogen) atoms. The minimum Gasteiger partial charge on any atom is -0.547 e. The van der Waals surface area contributed by atoms with Crippen molar-refractivity contribution < 1.29 is 56.7 Å². The van der Waals surface area contributed by atoms with Gasteiger partial charge in [-0.25, -0.2) is 19.9 Å². The van der Waals surface area contributed by atoms with E-state index in [-0.39, 0.29) is 33.5 Å². The molecule has 294 valence electrons. The van der Waals surface area contributed by atoms with Gasteiger partial charge in [0.15, 0.2) is 5.01 Å². The van der Waals surface area contributed by atoms with E-state index in [0.717, 1.165) is 35.1 Å². The van der Waals surface area contributed by atoms with Gasteiger partial charge in [0.25, 0.3) is 11.8 Å². The predicted molar refractivity (Wildman–Crippen MR) is 189 cm³/mol. The molecule has 13 nitrogen and oxygen atoms in total. The molecule has 5 aromatic rings. The van der Waals surface area contributed by atoms with Crippen LogP contribution in [0.4, 0.5) is 38.0 Å². The van der Waals surface area contributed by atoms with Gasteiger partial charge in [0, 0.05) is 12.4 Å². The van der Waals surface area contributed by atoms with Gasteiger partial charge in [-0.2, -0.15) is 26.3 Å². The molecule has 0 saturated heterocycles. The maximum Gasteiger partial charge on any atom is 0.418 e. The maximum absolute atomic E-state index is 12.7. The summed E-state index contributed by atoms with van der Waals surface area (Å²) in [5.41, 5.74) is 7.62. The number of benzene rings is 1. The van der Waals surface area contributed by atoms with Gasteiger partial charge in [0.1, 0.15) is 38.5 Å². The number of carboxylic acid groups (broad SMARTS) is 1. The van der Waals surface area contributed by atoms with Crippen molar-refractivity contribution in [2.24, 2.45) is 5.73 Å². The van der Waals surface area contributed by atoms with Crippen LogP contribution in [0.1, 0.15) is 78.1 Å². The number of aromatic nitrogens is 4. The highest BCUT2D eigenvalue weighted by Crippen LogP contribution is 2.36. The lowest BCUT2D eigenvalue weighted by Crippen LogP contribution is -2.51. The van der Waals surface area contributed by atoms with E-state index in [2.05, 4.69) is 36.3 Å². The number of anilines is 2. The number of amides is 2. The second-order valence-electron chi connectivity index (χ2n) is 11.0. The highest BCUT2D eigenvalue weighted by Gasteiger charge is 2.35. The minimum atomic E-state index is -4.63. The van der Waals surface area contributed by atoms with E-state index < -0.39 is 57.4 Å². The number of nitrogens with zero attached hydrogens (tertiary/aromatic N) is 4. The van der Waals surface area contributed by atoms with Gasteiger partial charge < -0.3 is 37.1 Å². The van der Waals surface area contributed by atoms with Gasteiger partial charge in [-0.15, -0.1) is 22.7 Å². The van der Waals surface area contributed by atoms with Crippen molar-refractivity contribution >= 4 is 75.3 Å². The summed E-state index contributed by atoms with van der Waals surface area (Å²) in [6.07, 6.45) is -6.45. The van der Waals surface area contributed by atoms with Crippen molar-refractivity contribution in [1.29, 1.82) is 0 Å². The molecule has 0 saturated carbocycles. The lowest BCUT2D eigenvalue weighted by atomic mass is 10.1. The third kappa shape index (κ3) is 13.2. The standard InChI is InChI=1S/2C12H10ClF3N4OS.C8H8O3/c2*1-5(17)11-19-4-8(22-11)10(21)20-9-2-6(12(14,15)16)7(13)3-18-9;9-7(8(10)11)6-4-2-1-3-5-6/h2*2-5H,17H2,1H3,(H,18,20,21);1-5,7,9H,(H,10,11)/t2*5-;7-/m110/s1. The zero-order valence-corrected chi connectivity index (χ0v) is 31.2. The molecule has 0 aliphatic carbocycles. The van der Waals surface area contributed by atoms with Gasteiger partial charge in [0.2, 0.25) is 0 Å². The number of aliphatic hydroxyl groups is 1. The highest BCUT2D eigenvalue weighted by atomic mass is 35.5. The van der Waals surface area contributed by atoms with E-state index in [9.17, 15) is 45.8 Å². The van der Waals surface area contributed by atoms with Crippen molar-refractivity contribution in [3.63, 3.8) is 0 Å². The predicted octanol–water partition coefficient (Wildman–Crippen LogP) is 5.72. The van der Waals surface area contributed by atoms with E-state index in [0.29, 0.717) is 27.7 Å². The van der Waals surface area contributed by atoms with Crippen molar-refractivity contribution in [2.45, 2.75) is 44.4 Å². The molecule has 5 rings (SSSR count). The van der Waals surface area contributed by atoms with Gasteiger partial charge >= 0.3 is 12.4 Å². The van der Waals surface area contributed by atoms with Crippen LogP contribution in [0.3, 0.4) is 0 Å². The number of carbonyl (C=O) groups is 3. The zero-order valence-electron chi connectivity index (χ0n) is 28.1. The molecular formula is C32H28Cl2F6N8O5S2. The second-order valence-corrected chi connectivity index (χ2v) is 13.9. The third-order valence-corrected chi connectivity index (χ3v) is 9.48. The summed E-state index contributed by atoms with van der Waals surface area (Å²) < 4.78 is 76.4. The van der Waals surface area contributed by atoms with Crippen LogP contribution in [0.2, 0.25) is 10.0 Å². The summed E-state index contributed by atoms with van der Waals surface area (Å²) in [4.78, 5) is 49.9. The quantitative estimate of drug-likeness (QED) is 0.120. The van der Waals surface area contributed by atoms with Gasteiger partial charge in [-0.05, 0) is 31.5 Å². The molecule has 0 spiro atoms. The normalized spacial score (nSPS) is 12.9. The molecule has 0 bridgehead atoms. The van der Waals surface area contributed by atoms with Crippen molar-refractivity contribution in [2.75, 3.05) is 10.6 Å². The number of thiazole rings is 2. The van der Waals surface area contributed by atoms with Crippen molar-refractivity contribution in [1.82, 2.24) is 19.9 Å². The Morgan fingerprint density at radius 2 is 1.20 bits per heavy atom. The number of aliphatic hydroxyl groups excluding tert-OH is 1. The molecule has 0 aliphatic heterocycles. The lowest BCUT2D eigenvalue weighted by Gasteiger charge is -2.10. The molecule has 0 aliphatic rings. The smallest absolute Gasteiger partial charge is 0.418 e. The number of rotatable bonds is 8. The van der Waals surface area contributed by atoms with Crippen LogP contribution >= 0.6 is 45.9 Å². The Balaban J connectivity index is 0.000000234. The van der Waals surface area contributed by atoms with Crippen LogP contribution < -0.4 is 27.2 Å². The van der Waals surface area contributed by atoms with E-state index in [1.54, 1.807) is 25.1 Å². The van der Waals surface area contributed by atoms with Crippen molar-refractivity contribution in [3.05, 3.63) is 114 Å². The molecule has 0 unspecified atom stereocenters. The summed E-state index contributed by atoms with van der Waals surface area (Å²) in [6, 6.07) is 9.05. The Bertz CT molecular complexity index is 1980. The van der Waals surface area contributed by atoms with E-state index >= 15 is 0 Å². The molecule has 1 aromatic carbocycles. The summed E-state index contributed by atoms with van der Waals surface area (Å²) in [5, 5.41) is 23.8. The zero-order chi connectivity index (χ0) is 41.2. The number of nitrogens with one attached hydrogen (secondary N) is 2. The fraction of sp³-hybridized carbons (Fsp3) is 0.219. The molecule has 4 aromatic heterocycles. The van der Waals surface area contributed by atoms with Gasteiger partial charge in [-0.1, -0.05) is 53.5 Å². The van der Waals surface area contributed by atoms with Gasteiger partial charge in [0.05, 0.1) is 45.6 Å². The Kier molecular flexibility index (Phi) is 15.6. The maximum atomic E-state index is 12.7. The number of hydrogen-bond acceptors (Lipinski definition) is 12. The molecule has 3 atom stereocenters. The van der Waals surface area contributed by atoms with Crippen LogP contribution in [0, 0.1) is 0 Å². The molecule has 0 fully saturated rings. The number of carbonyl (C=O) groups excluding carboxylic acids is 3. The number of pyridine rings is 2. The number of nitrogens with two attached hydrogens (primary N) is 1.